The van der Waals surface area contributed by atoms with E-state index in [2.05, 4.69) is 0 Å². The van der Waals surface area contributed by atoms with Gasteiger partial charge in [-0.25, -0.2) is 9.59 Å². The van der Waals surface area contributed by atoms with Gasteiger partial charge in [-0.05, 0) is 13.8 Å². The number of carboxylic acid groups (broad SMARTS) is 1. The number of β-amino-alcohol motifs (C(OH)–C–C–N with tert-alkyl or cyclic N) is 1. The summed E-state index contributed by atoms with van der Waals surface area (Å²) in [5.74, 6) is -1.09. The second-order valence-corrected chi connectivity index (χ2v) is 5.02. The van der Waals surface area contributed by atoms with Gasteiger partial charge in [-0.15, -0.1) is 0 Å². The number of hydrogen-bond donors (Lipinski definition) is 2. The normalized spacial score (nSPS) is 22.9. The van der Waals surface area contributed by atoms with Crippen LogP contribution in [0.4, 0.5) is 4.79 Å². The molecule has 0 bridgehead atoms. The average Bonchev–Trinajstić information content (AvgIpc) is 2.69. The highest BCUT2D eigenvalue weighted by molar-refractivity contribution is 5.83. The summed E-state index contributed by atoms with van der Waals surface area (Å²) < 4.78 is 5.34. The van der Waals surface area contributed by atoms with Crippen molar-refractivity contribution in [3.05, 3.63) is 0 Å². The first kappa shape index (κ1) is 15.7. The predicted molar refractivity (Wildman–Crippen MR) is 67.9 cm³/mol. The molecule has 0 aromatic heterocycles. The fourth-order valence-corrected chi connectivity index (χ4v) is 2.00. The third kappa shape index (κ3) is 4.36. The molecule has 1 rings (SSSR count). The van der Waals surface area contributed by atoms with Crippen molar-refractivity contribution in [1.29, 1.82) is 0 Å². The van der Waals surface area contributed by atoms with E-state index in [0.29, 0.717) is 13.2 Å². The zero-order chi connectivity index (χ0) is 14.6. The Hall–Kier alpha value is -1.34. The highest BCUT2D eigenvalue weighted by Gasteiger charge is 2.39. The summed E-state index contributed by atoms with van der Waals surface area (Å²) in [6, 6.07) is -1.34. The molecule has 0 unspecified atom stereocenters. The zero-order valence-corrected chi connectivity index (χ0v) is 11.6. The highest BCUT2D eigenvalue weighted by atomic mass is 16.5. The molecule has 0 aliphatic carbocycles. The molecule has 0 spiro atoms. The number of likely N-dealkylation sites (N-methyl/N-ethyl adjacent to an activating group) is 1. The van der Waals surface area contributed by atoms with E-state index in [9.17, 15) is 14.7 Å². The van der Waals surface area contributed by atoms with Gasteiger partial charge in [0.2, 0.25) is 0 Å². The maximum absolute atomic E-state index is 12.1. The molecule has 0 aromatic carbocycles. The lowest BCUT2D eigenvalue weighted by molar-refractivity contribution is -0.141. The molecule has 2 N–H and O–H groups in total. The molecule has 1 fully saturated rings. The number of nitrogens with zero attached hydrogens (tertiary/aromatic N) is 2. The minimum atomic E-state index is -1.09. The van der Waals surface area contributed by atoms with Crippen molar-refractivity contribution >= 4 is 12.0 Å². The first-order chi connectivity index (χ1) is 8.82. The molecule has 0 aromatic rings. The van der Waals surface area contributed by atoms with Crippen LogP contribution in [0.1, 0.15) is 20.3 Å². The summed E-state index contributed by atoms with van der Waals surface area (Å²) in [4.78, 5) is 25.8. The van der Waals surface area contributed by atoms with Gasteiger partial charge in [0, 0.05) is 26.6 Å². The lowest BCUT2D eigenvalue weighted by Crippen LogP contribution is -2.47. The number of carbonyl (C=O) groups excluding carboxylic acids is 1. The maximum Gasteiger partial charge on any atom is 0.326 e. The Morgan fingerprint density at radius 3 is 2.63 bits per heavy atom. The minimum absolute atomic E-state index is 0.0607. The van der Waals surface area contributed by atoms with Crippen molar-refractivity contribution in [3.63, 3.8) is 0 Å². The second-order valence-electron chi connectivity index (χ2n) is 5.02. The van der Waals surface area contributed by atoms with E-state index < -0.39 is 24.1 Å². The van der Waals surface area contributed by atoms with Crippen LogP contribution in [-0.2, 0) is 9.53 Å². The number of urea groups is 1. The van der Waals surface area contributed by atoms with Crippen molar-refractivity contribution in [1.82, 2.24) is 9.80 Å². The molecule has 110 valence electrons. The topological polar surface area (TPSA) is 90.3 Å². The van der Waals surface area contributed by atoms with Gasteiger partial charge in [0.05, 0.1) is 18.8 Å². The van der Waals surface area contributed by atoms with E-state index >= 15 is 0 Å². The number of aliphatic carboxylic acids is 1. The molecule has 7 nitrogen and oxygen atoms in total. The Kier molecular flexibility index (Phi) is 5.56. The van der Waals surface area contributed by atoms with Crippen LogP contribution in [0.2, 0.25) is 0 Å². The van der Waals surface area contributed by atoms with E-state index in [1.807, 2.05) is 13.8 Å². The quantitative estimate of drug-likeness (QED) is 0.735. The van der Waals surface area contributed by atoms with Crippen LogP contribution in [0, 0.1) is 0 Å². The van der Waals surface area contributed by atoms with Gasteiger partial charge >= 0.3 is 12.0 Å². The van der Waals surface area contributed by atoms with Crippen molar-refractivity contribution in [2.24, 2.45) is 0 Å². The maximum atomic E-state index is 12.1. The fraction of sp³-hybridized carbons (Fsp3) is 0.833. The van der Waals surface area contributed by atoms with Crippen LogP contribution in [0.15, 0.2) is 0 Å². The Morgan fingerprint density at radius 2 is 2.11 bits per heavy atom. The average molecular weight is 274 g/mol. The summed E-state index contributed by atoms with van der Waals surface area (Å²) in [7, 11) is 1.59. The van der Waals surface area contributed by atoms with Crippen LogP contribution in [0.5, 0.6) is 0 Å². The second kappa shape index (κ2) is 6.72. The van der Waals surface area contributed by atoms with Gasteiger partial charge < -0.3 is 24.7 Å². The fourth-order valence-electron chi connectivity index (χ4n) is 2.00. The van der Waals surface area contributed by atoms with Crippen LogP contribution >= 0.6 is 0 Å². The molecule has 1 saturated heterocycles. The summed E-state index contributed by atoms with van der Waals surface area (Å²) in [5, 5.41) is 18.5. The molecule has 7 heteroatoms. The summed E-state index contributed by atoms with van der Waals surface area (Å²) in [6.07, 6.45) is -0.605. The van der Waals surface area contributed by atoms with Crippen LogP contribution in [0.25, 0.3) is 0 Å². The molecule has 2 amide bonds. The number of rotatable bonds is 5. The van der Waals surface area contributed by atoms with E-state index in [1.54, 1.807) is 7.05 Å². The van der Waals surface area contributed by atoms with Crippen molar-refractivity contribution in [2.45, 2.75) is 38.5 Å². The van der Waals surface area contributed by atoms with E-state index in [-0.39, 0.29) is 19.1 Å². The van der Waals surface area contributed by atoms with Crippen molar-refractivity contribution in [2.75, 3.05) is 26.7 Å². The Balaban J connectivity index is 2.53. The van der Waals surface area contributed by atoms with E-state index in [1.165, 1.54) is 9.80 Å². The standard InChI is InChI=1S/C12H22N2O5/c1-8(2)19-5-4-13(3)12(18)14-7-9(15)6-10(14)11(16)17/h8-10,15H,4-7H2,1-3H3,(H,16,17)/t9-,10+/m1/s1. The molecule has 1 aliphatic heterocycles. The number of carboxylic acids is 1. The zero-order valence-electron chi connectivity index (χ0n) is 11.6. The summed E-state index contributed by atoms with van der Waals surface area (Å²) in [5.41, 5.74) is 0. The van der Waals surface area contributed by atoms with Gasteiger partial charge in [-0.2, -0.15) is 0 Å². The van der Waals surface area contributed by atoms with Crippen LogP contribution < -0.4 is 0 Å². The number of likely N-dealkylation sites (tertiary alicyclic amines) is 1. The van der Waals surface area contributed by atoms with Crippen molar-refractivity contribution < 1.29 is 24.5 Å². The highest BCUT2D eigenvalue weighted by Crippen LogP contribution is 2.19. The number of amides is 2. The van der Waals surface area contributed by atoms with Gasteiger partial charge in [0.25, 0.3) is 0 Å². The Labute approximate surface area is 112 Å². The molecule has 0 radical (unpaired) electrons. The first-order valence-electron chi connectivity index (χ1n) is 6.37. The number of hydrogen-bond acceptors (Lipinski definition) is 4. The molecule has 2 atom stereocenters. The smallest absolute Gasteiger partial charge is 0.326 e. The molecule has 19 heavy (non-hydrogen) atoms. The number of aliphatic hydroxyl groups is 1. The number of carbonyl (C=O) groups is 2. The SMILES string of the molecule is CC(C)OCCN(C)C(=O)N1C[C@H](O)C[C@H]1C(=O)O. The molecule has 1 aliphatic rings. The van der Waals surface area contributed by atoms with Gasteiger partial charge in [0.1, 0.15) is 6.04 Å². The van der Waals surface area contributed by atoms with E-state index in [4.69, 9.17) is 9.84 Å². The van der Waals surface area contributed by atoms with Crippen LogP contribution in [-0.4, -0.2) is 77.0 Å². The third-order valence-electron chi connectivity index (χ3n) is 3.01. The predicted octanol–water partition coefficient (Wildman–Crippen LogP) is -0.0170. The molecule has 1 heterocycles. The Morgan fingerprint density at radius 1 is 1.47 bits per heavy atom. The number of aliphatic hydroxyl groups excluding tert-OH is 1. The lowest BCUT2D eigenvalue weighted by Gasteiger charge is -2.27. The number of ether oxygens (including phenoxy) is 1. The lowest BCUT2D eigenvalue weighted by atomic mass is 10.2. The third-order valence-corrected chi connectivity index (χ3v) is 3.01. The van der Waals surface area contributed by atoms with Gasteiger partial charge in [-0.1, -0.05) is 0 Å². The minimum Gasteiger partial charge on any atom is -0.480 e. The molecule has 0 saturated carbocycles. The first-order valence-corrected chi connectivity index (χ1v) is 6.37. The molecular formula is C12H22N2O5. The van der Waals surface area contributed by atoms with Gasteiger partial charge in [0.15, 0.2) is 0 Å². The summed E-state index contributed by atoms with van der Waals surface area (Å²) in [6.45, 7) is 4.65. The van der Waals surface area contributed by atoms with Crippen LogP contribution in [0.3, 0.4) is 0 Å². The molecular weight excluding hydrogens is 252 g/mol. The largest absolute Gasteiger partial charge is 0.480 e. The summed E-state index contributed by atoms with van der Waals surface area (Å²) >= 11 is 0. The monoisotopic (exact) mass is 274 g/mol. The van der Waals surface area contributed by atoms with Crippen molar-refractivity contribution in [3.8, 4) is 0 Å². The van der Waals surface area contributed by atoms with E-state index in [0.717, 1.165) is 0 Å². The Bertz CT molecular complexity index is 334. The van der Waals surface area contributed by atoms with Gasteiger partial charge in [-0.3, -0.25) is 0 Å².